The SMILES string of the molecule is N#C/C(=C\c1ccccc1[N+](=O)[O-])Cc1c(O)c2ccccc2oc1=O. The van der Waals surface area contributed by atoms with E-state index in [1.165, 1.54) is 24.3 Å². The summed E-state index contributed by atoms with van der Waals surface area (Å²) in [7, 11) is 0. The van der Waals surface area contributed by atoms with Crippen LogP contribution in [0.5, 0.6) is 5.75 Å². The lowest BCUT2D eigenvalue weighted by Crippen LogP contribution is -2.08. The molecule has 7 nitrogen and oxygen atoms in total. The van der Waals surface area contributed by atoms with Crippen LogP contribution in [0.1, 0.15) is 11.1 Å². The van der Waals surface area contributed by atoms with Gasteiger partial charge in [0, 0.05) is 18.1 Å². The van der Waals surface area contributed by atoms with Gasteiger partial charge in [-0.3, -0.25) is 10.1 Å². The molecule has 2 aromatic carbocycles. The lowest BCUT2D eigenvalue weighted by molar-refractivity contribution is -0.385. The summed E-state index contributed by atoms with van der Waals surface area (Å²) in [6, 6.07) is 14.4. The number of benzene rings is 2. The summed E-state index contributed by atoms with van der Waals surface area (Å²) in [5.74, 6) is -0.263. The molecule has 0 aliphatic carbocycles. The Morgan fingerprint density at radius 2 is 1.92 bits per heavy atom. The third-order valence-electron chi connectivity index (χ3n) is 3.85. The van der Waals surface area contributed by atoms with Crippen LogP contribution in [0.2, 0.25) is 0 Å². The Kier molecular flexibility index (Phi) is 4.50. The first-order chi connectivity index (χ1) is 12.5. The van der Waals surface area contributed by atoms with E-state index in [2.05, 4.69) is 0 Å². The number of allylic oxidation sites excluding steroid dienone is 1. The van der Waals surface area contributed by atoms with Crippen molar-refractivity contribution in [3.05, 3.63) is 85.8 Å². The van der Waals surface area contributed by atoms with Crippen molar-refractivity contribution in [2.45, 2.75) is 6.42 Å². The molecule has 3 aromatic rings. The van der Waals surface area contributed by atoms with E-state index in [-0.39, 0.29) is 40.1 Å². The second kappa shape index (κ2) is 6.91. The molecular formula is C19H12N2O5. The first-order valence-electron chi connectivity index (χ1n) is 7.59. The van der Waals surface area contributed by atoms with Crippen LogP contribution in [0.3, 0.4) is 0 Å². The Hall–Kier alpha value is -3.92. The van der Waals surface area contributed by atoms with Crippen LogP contribution in [-0.4, -0.2) is 10.0 Å². The zero-order valence-electron chi connectivity index (χ0n) is 13.4. The van der Waals surface area contributed by atoms with Crippen LogP contribution in [0.15, 0.2) is 63.3 Å². The Morgan fingerprint density at radius 1 is 1.23 bits per heavy atom. The predicted molar refractivity (Wildman–Crippen MR) is 94.5 cm³/mol. The Bertz CT molecular complexity index is 1140. The standard InChI is InChI=1S/C19H12N2O5/c20-11-12(9-13-5-1-3-7-16(13)21(24)25)10-15-18(22)14-6-2-4-8-17(14)26-19(15)23/h1-9,22H,10H2/b12-9-. The monoisotopic (exact) mass is 348 g/mol. The van der Waals surface area contributed by atoms with Crippen LogP contribution in [0.25, 0.3) is 17.0 Å². The molecule has 1 N–H and O–H groups in total. The first-order valence-corrected chi connectivity index (χ1v) is 7.59. The summed E-state index contributed by atoms with van der Waals surface area (Å²) in [6.45, 7) is 0. The molecule has 0 radical (unpaired) electrons. The topological polar surface area (TPSA) is 117 Å². The van der Waals surface area contributed by atoms with Crippen LogP contribution in [0.4, 0.5) is 5.69 Å². The van der Waals surface area contributed by atoms with Gasteiger partial charge in [0.2, 0.25) is 0 Å². The van der Waals surface area contributed by atoms with Gasteiger partial charge in [-0.15, -0.1) is 0 Å². The fourth-order valence-electron chi connectivity index (χ4n) is 2.60. The van der Waals surface area contributed by atoms with Crippen molar-refractivity contribution in [1.29, 1.82) is 5.26 Å². The van der Waals surface area contributed by atoms with E-state index in [1.807, 2.05) is 6.07 Å². The van der Waals surface area contributed by atoms with Crippen LogP contribution in [-0.2, 0) is 6.42 Å². The molecule has 0 aliphatic heterocycles. The van der Waals surface area contributed by atoms with Gasteiger partial charge >= 0.3 is 5.63 Å². The lowest BCUT2D eigenvalue weighted by atomic mass is 10.0. The number of hydrogen-bond acceptors (Lipinski definition) is 6. The molecule has 3 rings (SSSR count). The molecule has 0 amide bonds. The number of fused-ring (bicyclic) bond motifs is 1. The quantitative estimate of drug-likeness (QED) is 0.333. The van der Waals surface area contributed by atoms with E-state index in [9.17, 15) is 25.3 Å². The summed E-state index contributed by atoms with van der Waals surface area (Å²) < 4.78 is 5.17. The van der Waals surface area contributed by atoms with Gasteiger partial charge in [0.25, 0.3) is 5.69 Å². The average molecular weight is 348 g/mol. The molecule has 0 saturated heterocycles. The van der Waals surface area contributed by atoms with Gasteiger partial charge in [-0.1, -0.05) is 24.3 Å². The van der Waals surface area contributed by atoms with E-state index in [4.69, 9.17) is 4.42 Å². The fraction of sp³-hybridized carbons (Fsp3) is 0.0526. The first kappa shape index (κ1) is 16.9. The lowest BCUT2D eigenvalue weighted by Gasteiger charge is -2.06. The number of nitro benzene ring substituents is 1. The molecular weight excluding hydrogens is 336 g/mol. The van der Waals surface area contributed by atoms with E-state index in [0.717, 1.165) is 0 Å². The maximum absolute atomic E-state index is 12.2. The fourth-order valence-corrected chi connectivity index (χ4v) is 2.60. The highest BCUT2D eigenvalue weighted by Gasteiger charge is 2.17. The molecule has 128 valence electrons. The van der Waals surface area contributed by atoms with Crippen molar-refractivity contribution in [2.75, 3.05) is 0 Å². The number of rotatable bonds is 4. The van der Waals surface area contributed by atoms with Gasteiger partial charge < -0.3 is 9.52 Å². The summed E-state index contributed by atoms with van der Waals surface area (Å²) in [5, 5.41) is 31.2. The summed E-state index contributed by atoms with van der Waals surface area (Å²) >= 11 is 0. The van der Waals surface area contributed by atoms with Crippen molar-refractivity contribution in [1.82, 2.24) is 0 Å². The van der Waals surface area contributed by atoms with Crippen molar-refractivity contribution < 1.29 is 14.4 Å². The minimum Gasteiger partial charge on any atom is -0.507 e. The Labute approximate surface area is 147 Å². The molecule has 0 spiro atoms. The van der Waals surface area contributed by atoms with Crippen molar-refractivity contribution in [3.8, 4) is 11.8 Å². The molecule has 0 unspecified atom stereocenters. The number of hydrogen-bond donors (Lipinski definition) is 1. The van der Waals surface area contributed by atoms with Crippen molar-refractivity contribution in [2.24, 2.45) is 0 Å². The van der Waals surface area contributed by atoms with Crippen LogP contribution >= 0.6 is 0 Å². The minimum atomic E-state index is -0.759. The highest BCUT2D eigenvalue weighted by molar-refractivity contribution is 5.84. The summed E-state index contributed by atoms with van der Waals surface area (Å²) in [5.41, 5.74) is -0.439. The molecule has 0 aliphatic rings. The normalized spacial score (nSPS) is 11.3. The number of para-hydroxylation sites is 2. The maximum Gasteiger partial charge on any atom is 0.343 e. The molecule has 0 fully saturated rings. The third-order valence-corrected chi connectivity index (χ3v) is 3.85. The summed E-state index contributed by atoms with van der Waals surface area (Å²) in [4.78, 5) is 22.7. The highest BCUT2D eigenvalue weighted by atomic mass is 16.6. The molecule has 1 heterocycles. The average Bonchev–Trinajstić information content (AvgIpc) is 2.64. The van der Waals surface area contributed by atoms with Crippen LogP contribution < -0.4 is 5.63 Å². The number of aromatic hydroxyl groups is 1. The Morgan fingerprint density at radius 3 is 2.65 bits per heavy atom. The maximum atomic E-state index is 12.2. The highest BCUT2D eigenvalue weighted by Crippen LogP contribution is 2.28. The van der Waals surface area contributed by atoms with Crippen LogP contribution in [0, 0.1) is 21.4 Å². The largest absolute Gasteiger partial charge is 0.507 e. The van der Waals surface area contributed by atoms with Gasteiger partial charge in [0.15, 0.2) is 0 Å². The van der Waals surface area contributed by atoms with Gasteiger partial charge in [0.05, 0.1) is 27.5 Å². The smallest absolute Gasteiger partial charge is 0.343 e. The zero-order chi connectivity index (χ0) is 18.7. The second-order valence-electron chi connectivity index (χ2n) is 5.49. The molecule has 0 saturated carbocycles. The molecule has 1 aromatic heterocycles. The minimum absolute atomic E-state index is 0.0740. The predicted octanol–water partition coefficient (Wildman–Crippen LogP) is 3.56. The zero-order valence-corrected chi connectivity index (χ0v) is 13.4. The third kappa shape index (κ3) is 3.16. The van der Waals surface area contributed by atoms with E-state index in [0.29, 0.717) is 5.39 Å². The summed E-state index contributed by atoms with van der Waals surface area (Å²) in [6.07, 6.45) is 1.12. The van der Waals surface area contributed by atoms with Gasteiger partial charge in [-0.25, -0.2) is 4.79 Å². The van der Waals surface area contributed by atoms with Gasteiger partial charge in [0.1, 0.15) is 11.3 Å². The van der Waals surface area contributed by atoms with E-state index in [1.54, 1.807) is 30.3 Å². The molecule has 0 atom stereocenters. The van der Waals surface area contributed by atoms with Gasteiger partial charge in [-0.05, 0) is 24.3 Å². The van der Waals surface area contributed by atoms with Crippen molar-refractivity contribution >= 4 is 22.7 Å². The van der Waals surface area contributed by atoms with Gasteiger partial charge in [-0.2, -0.15) is 5.26 Å². The molecule has 7 heteroatoms. The number of nitriles is 1. The number of nitrogens with zero attached hydrogens (tertiary/aromatic N) is 2. The number of nitro groups is 1. The molecule has 26 heavy (non-hydrogen) atoms. The van der Waals surface area contributed by atoms with Crippen molar-refractivity contribution in [3.63, 3.8) is 0 Å². The second-order valence-corrected chi connectivity index (χ2v) is 5.49. The van der Waals surface area contributed by atoms with E-state index >= 15 is 0 Å². The van der Waals surface area contributed by atoms with E-state index < -0.39 is 10.5 Å². The molecule has 0 bridgehead atoms. The Balaban J connectivity index is 2.08.